The van der Waals surface area contributed by atoms with E-state index >= 15 is 0 Å². The molecule has 0 aliphatic rings. The fourth-order valence-electron chi connectivity index (χ4n) is 1.88. The van der Waals surface area contributed by atoms with Gasteiger partial charge in [0.1, 0.15) is 11.6 Å². The Kier molecular flexibility index (Phi) is 7.81. The van der Waals surface area contributed by atoms with Crippen molar-refractivity contribution >= 4 is 11.6 Å². The highest BCUT2D eigenvalue weighted by atomic mass is 19.1. The molecule has 0 aliphatic carbocycles. The fraction of sp³-hybridized carbons (Fsp3) is 0.500. The second kappa shape index (κ2) is 9.38. The van der Waals surface area contributed by atoms with Gasteiger partial charge in [0.15, 0.2) is 0 Å². The van der Waals surface area contributed by atoms with E-state index in [-0.39, 0.29) is 31.2 Å². The molecular formula is C14H20F2N2O3. The zero-order chi connectivity index (χ0) is 15.7. The van der Waals surface area contributed by atoms with Crippen LogP contribution in [0.2, 0.25) is 0 Å². The zero-order valence-corrected chi connectivity index (χ0v) is 11.7. The van der Waals surface area contributed by atoms with E-state index in [1.54, 1.807) is 0 Å². The molecule has 7 heteroatoms. The van der Waals surface area contributed by atoms with Gasteiger partial charge in [-0.2, -0.15) is 0 Å². The number of nitrogens with zero attached hydrogens (tertiary/aromatic N) is 1. The lowest BCUT2D eigenvalue weighted by Gasteiger charge is -2.20. The molecule has 21 heavy (non-hydrogen) atoms. The third-order valence-corrected chi connectivity index (χ3v) is 2.85. The minimum absolute atomic E-state index is 0.0384. The van der Waals surface area contributed by atoms with E-state index in [4.69, 9.17) is 10.2 Å². The van der Waals surface area contributed by atoms with E-state index in [1.807, 2.05) is 4.90 Å². The molecule has 5 nitrogen and oxygen atoms in total. The van der Waals surface area contributed by atoms with Crippen molar-refractivity contribution in [2.75, 3.05) is 38.2 Å². The SMILES string of the molecule is O=C(CCN(CCO)CCCO)Nc1cc(F)cc(F)c1. The van der Waals surface area contributed by atoms with Crippen LogP contribution in [0.4, 0.5) is 14.5 Å². The van der Waals surface area contributed by atoms with Gasteiger partial charge in [-0.3, -0.25) is 4.79 Å². The Balaban J connectivity index is 2.44. The van der Waals surface area contributed by atoms with Crippen LogP contribution < -0.4 is 5.32 Å². The number of halogens is 2. The van der Waals surface area contributed by atoms with E-state index in [9.17, 15) is 13.6 Å². The number of aliphatic hydroxyl groups excluding tert-OH is 2. The van der Waals surface area contributed by atoms with Crippen LogP contribution in [0.3, 0.4) is 0 Å². The molecule has 1 aromatic carbocycles. The number of amides is 1. The lowest BCUT2D eigenvalue weighted by molar-refractivity contribution is -0.116. The maximum absolute atomic E-state index is 13.0. The third-order valence-electron chi connectivity index (χ3n) is 2.85. The van der Waals surface area contributed by atoms with Crippen molar-refractivity contribution in [2.24, 2.45) is 0 Å². The van der Waals surface area contributed by atoms with E-state index in [1.165, 1.54) is 0 Å². The van der Waals surface area contributed by atoms with E-state index in [0.717, 1.165) is 18.2 Å². The van der Waals surface area contributed by atoms with Gasteiger partial charge in [0, 0.05) is 44.4 Å². The Morgan fingerprint density at radius 2 is 1.71 bits per heavy atom. The van der Waals surface area contributed by atoms with Gasteiger partial charge in [-0.15, -0.1) is 0 Å². The van der Waals surface area contributed by atoms with Crippen molar-refractivity contribution in [3.63, 3.8) is 0 Å². The van der Waals surface area contributed by atoms with Gasteiger partial charge in [0.2, 0.25) is 5.91 Å². The molecule has 0 unspecified atom stereocenters. The zero-order valence-electron chi connectivity index (χ0n) is 11.7. The number of rotatable bonds is 9. The molecule has 1 rings (SSSR count). The molecule has 0 saturated carbocycles. The number of benzene rings is 1. The van der Waals surface area contributed by atoms with Crippen molar-refractivity contribution in [3.05, 3.63) is 29.8 Å². The summed E-state index contributed by atoms with van der Waals surface area (Å²) in [5.41, 5.74) is 0.0709. The Morgan fingerprint density at radius 1 is 1.05 bits per heavy atom. The minimum atomic E-state index is -0.754. The number of anilines is 1. The molecule has 1 aromatic rings. The normalized spacial score (nSPS) is 10.9. The Hall–Kier alpha value is -1.57. The summed E-state index contributed by atoms with van der Waals surface area (Å²) in [6.45, 7) is 1.36. The number of aliphatic hydroxyl groups is 2. The lowest BCUT2D eigenvalue weighted by atomic mass is 10.2. The predicted octanol–water partition coefficient (Wildman–Crippen LogP) is 0.970. The van der Waals surface area contributed by atoms with Crippen molar-refractivity contribution in [2.45, 2.75) is 12.8 Å². The fourth-order valence-corrected chi connectivity index (χ4v) is 1.88. The molecule has 0 aliphatic heterocycles. The monoisotopic (exact) mass is 302 g/mol. The van der Waals surface area contributed by atoms with Crippen LogP contribution in [0.15, 0.2) is 18.2 Å². The summed E-state index contributed by atoms with van der Waals surface area (Å²) in [6, 6.07) is 2.81. The summed E-state index contributed by atoms with van der Waals surface area (Å²) in [6.07, 6.45) is 0.681. The summed E-state index contributed by atoms with van der Waals surface area (Å²) in [7, 11) is 0. The number of carbonyl (C=O) groups is 1. The summed E-state index contributed by atoms with van der Waals surface area (Å²) < 4.78 is 26.0. The van der Waals surface area contributed by atoms with Crippen LogP contribution in [-0.2, 0) is 4.79 Å². The highest BCUT2D eigenvalue weighted by Gasteiger charge is 2.09. The maximum Gasteiger partial charge on any atom is 0.225 e. The second-order valence-corrected chi connectivity index (χ2v) is 4.60. The highest BCUT2D eigenvalue weighted by Crippen LogP contribution is 2.13. The van der Waals surface area contributed by atoms with Gasteiger partial charge in [-0.1, -0.05) is 0 Å². The van der Waals surface area contributed by atoms with Crippen LogP contribution in [0, 0.1) is 11.6 Å². The van der Waals surface area contributed by atoms with Crippen LogP contribution in [0.25, 0.3) is 0 Å². The van der Waals surface area contributed by atoms with Crippen LogP contribution in [0.1, 0.15) is 12.8 Å². The Morgan fingerprint density at radius 3 is 2.29 bits per heavy atom. The molecule has 0 heterocycles. The molecule has 0 atom stereocenters. The maximum atomic E-state index is 13.0. The first-order valence-corrected chi connectivity index (χ1v) is 6.75. The van der Waals surface area contributed by atoms with Crippen LogP contribution >= 0.6 is 0 Å². The van der Waals surface area contributed by atoms with Crippen molar-refractivity contribution in [1.82, 2.24) is 4.90 Å². The predicted molar refractivity (Wildman–Crippen MR) is 74.8 cm³/mol. The molecule has 3 N–H and O–H groups in total. The molecule has 0 saturated heterocycles. The quantitative estimate of drug-likeness (QED) is 0.635. The molecular weight excluding hydrogens is 282 g/mol. The van der Waals surface area contributed by atoms with Gasteiger partial charge in [0.05, 0.1) is 6.61 Å². The first-order chi connectivity index (χ1) is 10.0. The average molecular weight is 302 g/mol. The standard InChI is InChI=1S/C14H20F2N2O3/c15-11-8-12(16)10-13(9-11)17-14(21)2-4-18(5-7-20)3-1-6-19/h8-10,19-20H,1-7H2,(H,17,21). The second-order valence-electron chi connectivity index (χ2n) is 4.60. The van der Waals surface area contributed by atoms with Gasteiger partial charge in [-0.25, -0.2) is 8.78 Å². The summed E-state index contributed by atoms with van der Waals surface area (Å²) in [4.78, 5) is 13.6. The molecule has 0 fully saturated rings. The number of hydrogen-bond acceptors (Lipinski definition) is 4. The molecule has 0 radical (unpaired) electrons. The molecule has 0 aromatic heterocycles. The van der Waals surface area contributed by atoms with Crippen molar-refractivity contribution in [1.29, 1.82) is 0 Å². The summed E-state index contributed by atoms with van der Waals surface area (Å²) >= 11 is 0. The molecule has 118 valence electrons. The van der Waals surface area contributed by atoms with Gasteiger partial charge in [-0.05, 0) is 18.6 Å². The topological polar surface area (TPSA) is 72.8 Å². The van der Waals surface area contributed by atoms with Crippen LogP contribution in [0.5, 0.6) is 0 Å². The van der Waals surface area contributed by atoms with Gasteiger partial charge < -0.3 is 20.4 Å². The summed E-state index contributed by atoms with van der Waals surface area (Å²) in [5, 5.41) is 20.1. The first-order valence-electron chi connectivity index (χ1n) is 6.75. The van der Waals surface area contributed by atoms with Crippen molar-refractivity contribution in [3.8, 4) is 0 Å². The van der Waals surface area contributed by atoms with E-state index in [0.29, 0.717) is 26.1 Å². The number of nitrogens with one attached hydrogen (secondary N) is 1. The smallest absolute Gasteiger partial charge is 0.225 e. The Labute approximate surface area is 122 Å². The molecule has 0 bridgehead atoms. The van der Waals surface area contributed by atoms with Gasteiger partial charge in [0.25, 0.3) is 0 Å². The third kappa shape index (κ3) is 7.12. The molecule has 0 spiro atoms. The average Bonchev–Trinajstić information content (AvgIpc) is 2.40. The van der Waals surface area contributed by atoms with Gasteiger partial charge >= 0.3 is 0 Å². The highest BCUT2D eigenvalue weighted by molar-refractivity contribution is 5.90. The Bertz CT molecular complexity index is 438. The first kappa shape index (κ1) is 17.5. The number of hydrogen-bond donors (Lipinski definition) is 3. The van der Waals surface area contributed by atoms with Crippen LogP contribution in [-0.4, -0.2) is 53.9 Å². The molecule has 1 amide bonds. The summed E-state index contributed by atoms with van der Waals surface area (Å²) in [5.74, 6) is -1.88. The van der Waals surface area contributed by atoms with E-state index < -0.39 is 11.6 Å². The minimum Gasteiger partial charge on any atom is -0.396 e. The largest absolute Gasteiger partial charge is 0.396 e. The number of carbonyl (C=O) groups excluding carboxylic acids is 1. The van der Waals surface area contributed by atoms with E-state index in [2.05, 4.69) is 5.32 Å². The van der Waals surface area contributed by atoms with Crippen molar-refractivity contribution < 1.29 is 23.8 Å². The lowest BCUT2D eigenvalue weighted by Crippen LogP contribution is -2.31.